The number of carbonyl (C=O) groups excluding carboxylic acids is 2. The zero-order valence-electron chi connectivity index (χ0n) is 21.9. The van der Waals surface area contributed by atoms with E-state index in [0.29, 0.717) is 42.9 Å². The normalized spacial score (nSPS) is 20.0. The molecule has 1 atom stereocenters. The number of halogens is 5. The van der Waals surface area contributed by atoms with Crippen LogP contribution in [-0.4, -0.2) is 65.5 Å². The lowest BCUT2D eigenvalue weighted by atomic mass is 9.86. The lowest BCUT2D eigenvalue weighted by Crippen LogP contribution is -2.51. The van der Waals surface area contributed by atoms with Crippen molar-refractivity contribution in [1.29, 1.82) is 0 Å². The molecule has 39 heavy (non-hydrogen) atoms. The molecule has 0 radical (unpaired) electrons. The molecule has 2 aromatic carbocycles. The molecule has 4 rings (SSSR count). The van der Waals surface area contributed by atoms with E-state index >= 15 is 0 Å². The molecule has 0 spiro atoms. The van der Waals surface area contributed by atoms with Crippen molar-refractivity contribution in [2.24, 2.45) is 5.16 Å². The molecule has 0 aliphatic carbocycles. The quantitative estimate of drug-likeness (QED) is 0.408. The molecule has 2 aromatic rings. The van der Waals surface area contributed by atoms with Crippen molar-refractivity contribution in [2.75, 3.05) is 26.2 Å². The number of hydrogen-bond acceptors (Lipinski definition) is 5. The third-order valence-corrected chi connectivity index (χ3v) is 6.96. The number of amides is 2. The molecule has 2 aliphatic heterocycles. The van der Waals surface area contributed by atoms with E-state index < -0.39 is 29.9 Å². The first kappa shape index (κ1) is 29.0. The van der Waals surface area contributed by atoms with Crippen LogP contribution in [0.1, 0.15) is 54.2 Å². The van der Waals surface area contributed by atoms with Gasteiger partial charge >= 0.3 is 12.3 Å². The van der Waals surface area contributed by atoms with Crippen molar-refractivity contribution in [2.45, 2.75) is 51.5 Å². The highest BCUT2D eigenvalue weighted by atomic mass is 35.5. The van der Waals surface area contributed by atoms with E-state index in [0.717, 1.165) is 12.1 Å². The van der Waals surface area contributed by atoms with Crippen molar-refractivity contribution in [3.8, 4) is 0 Å². The molecule has 1 fully saturated rings. The zero-order chi connectivity index (χ0) is 28.8. The summed E-state index contributed by atoms with van der Waals surface area (Å²) in [5, 5.41) is 3.87. The SMILES string of the molecule is Cc1cc(C2=NOC(c3cc(Cl)cc(Cl)c3)(C(F)(F)F)C2)ccc1C(=O)N1CCN(C(=O)OC(C)(C)C)CC1. The maximum absolute atomic E-state index is 14.3. The topological polar surface area (TPSA) is 71.4 Å². The molecule has 1 saturated heterocycles. The first-order valence-electron chi connectivity index (χ1n) is 12.3. The second-order valence-corrected chi connectivity index (χ2v) is 11.5. The molecule has 0 saturated carbocycles. The Balaban J connectivity index is 1.48. The number of hydrogen-bond donors (Lipinski definition) is 0. The second kappa shape index (κ2) is 10.5. The summed E-state index contributed by atoms with van der Waals surface area (Å²) in [5.74, 6) is -0.231. The summed E-state index contributed by atoms with van der Waals surface area (Å²) in [4.78, 5) is 33.8. The largest absolute Gasteiger partial charge is 0.444 e. The summed E-state index contributed by atoms with van der Waals surface area (Å²) in [6, 6.07) is 8.40. The molecule has 0 N–H and O–H groups in total. The lowest BCUT2D eigenvalue weighted by molar-refractivity contribution is -0.275. The van der Waals surface area contributed by atoms with Gasteiger partial charge in [-0.05, 0) is 69.2 Å². The number of benzene rings is 2. The Morgan fingerprint density at radius 1 is 0.974 bits per heavy atom. The second-order valence-electron chi connectivity index (χ2n) is 10.6. The van der Waals surface area contributed by atoms with E-state index in [1.54, 1.807) is 55.7 Å². The van der Waals surface area contributed by atoms with Crippen molar-refractivity contribution in [3.05, 3.63) is 68.7 Å². The van der Waals surface area contributed by atoms with Crippen LogP contribution in [-0.2, 0) is 15.2 Å². The van der Waals surface area contributed by atoms with Gasteiger partial charge in [-0.2, -0.15) is 13.2 Å². The maximum Gasteiger partial charge on any atom is 0.435 e. The van der Waals surface area contributed by atoms with Crippen LogP contribution >= 0.6 is 23.2 Å². The first-order valence-corrected chi connectivity index (χ1v) is 13.0. The third-order valence-electron chi connectivity index (χ3n) is 6.52. The van der Waals surface area contributed by atoms with E-state index in [9.17, 15) is 22.8 Å². The van der Waals surface area contributed by atoms with Crippen LogP contribution in [0.3, 0.4) is 0 Å². The van der Waals surface area contributed by atoms with Crippen molar-refractivity contribution in [1.82, 2.24) is 9.80 Å². The summed E-state index contributed by atoms with van der Waals surface area (Å²) < 4.78 is 48.3. The van der Waals surface area contributed by atoms with Crippen LogP contribution in [0, 0.1) is 6.92 Å². The van der Waals surface area contributed by atoms with Crippen LogP contribution in [0.5, 0.6) is 0 Å². The summed E-state index contributed by atoms with van der Waals surface area (Å²) in [5.41, 5.74) is -2.14. The highest BCUT2D eigenvalue weighted by Gasteiger charge is 2.62. The van der Waals surface area contributed by atoms with Gasteiger partial charge in [0.05, 0.1) is 5.71 Å². The Labute approximate surface area is 234 Å². The number of ether oxygens (including phenoxy) is 1. The van der Waals surface area contributed by atoms with E-state index in [2.05, 4.69) is 5.16 Å². The molecule has 2 aliphatic rings. The lowest BCUT2D eigenvalue weighted by Gasteiger charge is -2.35. The molecule has 210 valence electrons. The number of piperazine rings is 1. The molecule has 2 heterocycles. The van der Waals surface area contributed by atoms with Gasteiger partial charge in [0.2, 0.25) is 0 Å². The Bertz CT molecular complexity index is 1300. The number of oxime groups is 1. The monoisotopic (exact) mass is 585 g/mol. The first-order chi connectivity index (χ1) is 18.1. The van der Waals surface area contributed by atoms with E-state index in [4.69, 9.17) is 32.8 Å². The van der Waals surface area contributed by atoms with Gasteiger partial charge in [0.25, 0.3) is 11.5 Å². The van der Waals surface area contributed by atoms with E-state index in [-0.39, 0.29) is 27.2 Å². The van der Waals surface area contributed by atoms with Crippen LogP contribution in [0.25, 0.3) is 0 Å². The van der Waals surface area contributed by atoms with Crippen molar-refractivity contribution >= 4 is 40.9 Å². The number of carbonyl (C=O) groups is 2. The highest BCUT2D eigenvalue weighted by molar-refractivity contribution is 6.34. The standard InChI is InChI=1S/C27H28Cl2F3N3O4/c1-16-11-17(22-15-26(39-33-22,27(30,31)32)18-12-19(28)14-20(29)13-18)5-6-21(16)23(36)34-7-9-35(10-8-34)24(37)38-25(2,3)4/h5-6,11-14H,7-10,15H2,1-4H3. The number of nitrogens with zero attached hydrogens (tertiary/aromatic N) is 3. The molecular weight excluding hydrogens is 558 g/mol. The minimum Gasteiger partial charge on any atom is -0.444 e. The molecule has 7 nitrogen and oxygen atoms in total. The van der Waals surface area contributed by atoms with Crippen LogP contribution in [0.15, 0.2) is 41.6 Å². The van der Waals surface area contributed by atoms with Crippen LogP contribution in [0.2, 0.25) is 10.0 Å². The summed E-state index contributed by atoms with van der Waals surface area (Å²) in [7, 11) is 0. The van der Waals surface area contributed by atoms with Crippen molar-refractivity contribution in [3.63, 3.8) is 0 Å². The average Bonchev–Trinajstić information content (AvgIpc) is 3.29. The Morgan fingerprint density at radius 3 is 2.10 bits per heavy atom. The van der Waals surface area contributed by atoms with Crippen LogP contribution < -0.4 is 0 Å². The van der Waals surface area contributed by atoms with E-state index in [1.807, 2.05) is 0 Å². The van der Waals surface area contributed by atoms with Gasteiger partial charge in [-0.1, -0.05) is 34.4 Å². The predicted octanol–water partition coefficient (Wildman–Crippen LogP) is 6.58. The summed E-state index contributed by atoms with van der Waals surface area (Å²) in [6.07, 6.45) is -5.82. The number of aryl methyl sites for hydroxylation is 1. The Kier molecular flexibility index (Phi) is 7.84. The predicted molar refractivity (Wildman–Crippen MR) is 141 cm³/mol. The molecule has 0 bridgehead atoms. The van der Waals surface area contributed by atoms with Gasteiger partial charge < -0.3 is 19.4 Å². The van der Waals surface area contributed by atoms with Crippen molar-refractivity contribution < 1.29 is 32.3 Å². The number of alkyl halides is 3. The maximum atomic E-state index is 14.3. The molecule has 2 amide bonds. The minimum atomic E-state index is -4.81. The summed E-state index contributed by atoms with van der Waals surface area (Å²) >= 11 is 11.9. The van der Waals surface area contributed by atoms with Gasteiger partial charge in [0, 0.05) is 53.8 Å². The van der Waals surface area contributed by atoms with Crippen LogP contribution in [0.4, 0.5) is 18.0 Å². The fourth-order valence-corrected chi connectivity index (χ4v) is 5.04. The molecular formula is C27H28Cl2F3N3O4. The van der Waals surface area contributed by atoms with E-state index in [1.165, 1.54) is 6.07 Å². The molecule has 12 heteroatoms. The Morgan fingerprint density at radius 2 is 1.56 bits per heavy atom. The van der Waals surface area contributed by atoms with Gasteiger partial charge in [-0.25, -0.2) is 4.79 Å². The highest BCUT2D eigenvalue weighted by Crippen LogP contribution is 2.49. The fourth-order valence-electron chi connectivity index (χ4n) is 4.52. The smallest absolute Gasteiger partial charge is 0.435 e. The molecule has 0 aromatic heterocycles. The summed E-state index contributed by atoms with van der Waals surface area (Å²) in [6.45, 7) is 8.39. The van der Waals surface area contributed by atoms with Gasteiger partial charge in [0.1, 0.15) is 5.60 Å². The average molecular weight is 586 g/mol. The number of rotatable bonds is 3. The van der Waals surface area contributed by atoms with Gasteiger partial charge in [-0.15, -0.1) is 0 Å². The zero-order valence-corrected chi connectivity index (χ0v) is 23.4. The minimum absolute atomic E-state index is 0.0452. The third kappa shape index (κ3) is 6.11. The Hall–Kier alpha value is -2.98. The molecule has 1 unspecified atom stereocenters. The van der Waals surface area contributed by atoms with Gasteiger partial charge in [-0.3, -0.25) is 4.79 Å². The van der Waals surface area contributed by atoms with Gasteiger partial charge in [0.15, 0.2) is 0 Å². The fraction of sp³-hybridized carbons (Fsp3) is 0.444.